The smallest absolute Gasteiger partial charge is 0.137 e. The monoisotopic (exact) mass is 254 g/mol. The van der Waals surface area contributed by atoms with Gasteiger partial charge in [-0.2, -0.15) is 0 Å². The number of Topliss-reactive ketones (excluding diaryl/α,β-unsaturated/α-hetero) is 1. The first-order chi connectivity index (χ1) is 9.24. The summed E-state index contributed by atoms with van der Waals surface area (Å²) in [5.74, 6) is 1.06. The number of hydrogen-bond acceptors (Lipinski definition) is 2. The molecule has 0 radical (unpaired) electrons. The lowest BCUT2D eigenvalue weighted by atomic mass is 9.99. The van der Waals surface area contributed by atoms with Gasteiger partial charge in [0.15, 0.2) is 0 Å². The normalized spacial score (nSPS) is 10.4. The lowest BCUT2D eigenvalue weighted by Crippen LogP contribution is -2.02. The number of methoxy groups -OCH3 is 1. The van der Waals surface area contributed by atoms with Crippen LogP contribution in [-0.2, 0) is 11.2 Å². The molecular formula is C17H18O2. The predicted molar refractivity (Wildman–Crippen MR) is 78.6 cm³/mol. The second-order valence-electron chi connectivity index (χ2n) is 4.55. The maximum Gasteiger partial charge on any atom is 0.137 e. The molecule has 2 aromatic carbocycles. The third-order valence-electron chi connectivity index (χ3n) is 3.19. The summed E-state index contributed by atoms with van der Waals surface area (Å²) in [6.45, 7) is 3.64. The molecule has 0 bridgehead atoms. The average Bonchev–Trinajstić information content (AvgIpc) is 2.45. The highest BCUT2D eigenvalue weighted by Gasteiger charge is 2.07. The van der Waals surface area contributed by atoms with Gasteiger partial charge >= 0.3 is 0 Å². The van der Waals surface area contributed by atoms with Gasteiger partial charge < -0.3 is 4.74 Å². The molecule has 0 atom stereocenters. The number of carbonyl (C=O) groups is 1. The summed E-state index contributed by atoms with van der Waals surface area (Å²) in [5, 5.41) is 2.23. The molecule has 2 aromatic rings. The minimum absolute atomic E-state index is 0.246. The lowest BCUT2D eigenvalue weighted by molar-refractivity contribution is -0.118. The van der Waals surface area contributed by atoms with Crippen molar-refractivity contribution in [3.05, 3.63) is 54.6 Å². The van der Waals surface area contributed by atoms with Crippen molar-refractivity contribution in [1.82, 2.24) is 0 Å². The van der Waals surface area contributed by atoms with Crippen molar-refractivity contribution in [1.29, 1.82) is 0 Å². The highest BCUT2D eigenvalue weighted by Crippen LogP contribution is 2.24. The maximum absolute atomic E-state index is 11.9. The van der Waals surface area contributed by atoms with Crippen LogP contribution in [0.1, 0.15) is 18.4 Å². The zero-order chi connectivity index (χ0) is 13.7. The van der Waals surface area contributed by atoms with Crippen molar-refractivity contribution in [2.24, 2.45) is 0 Å². The minimum Gasteiger partial charge on any atom is -0.497 e. The molecule has 0 aromatic heterocycles. The van der Waals surface area contributed by atoms with Crippen LogP contribution in [0.4, 0.5) is 0 Å². The van der Waals surface area contributed by atoms with E-state index in [4.69, 9.17) is 4.74 Å². The van der Waals surface area contributed by atoms with E-state index in [1.807, 2.05) is 36.4 Å². The fourth-order valence-electron chi connectivity index (χ4n) is 2.16. The van der Waals surface area contributed by atoms with Gasteiger partial charge in [0.1, 0.15) is 11.5 Å². The molecule has 2 heteroatoms. The van der Waals surface area contributed by atoms with Crippen molar-refractivity contribution < 1.29 is 9.53 Å². The van der Waals surface area contributed by atoms with Crippen LogP contribution in [-0.4, -0.2) is 12.9 Å². The van der Waals surface area contributed by atoms with Crippen LogP contribution >= 0.6 is 0 Å². The number of carbonyl (C=O) groups excluding carboxylic acids is 1. The van der Waals surface area contributed by atoms with E-state index >= 15 is 0 Å². The predicted octanol–water partition coefficient (Wildman–Crippen LogP) is 3.93. The first kappa shape index (κ1) is 13.3. The number of ketones is 1. The summed E-state index contributed by atoms with van der Waals surface area (Å²) in [6.07, 6.45) is 3.55. The Balaban J connectivity index is 2.31. The topological polar surface area (TPSA) is 26.3 Å². The summed E-state index contributed by atoms with van der Waals surface area (Å²) in [5.41, 5.74) is 1.06. The number of hydrogen-bond donors (Lipinski definition) is 0. The molecule has 0 aliphatic rings. The Morgan fingerprint density at radius 2 is 2.16 bits per heavy atom. The summed E-state index contributed by atoms with van der Waals surface area (Å²) in [7, 11) is 1.65. The van der Waals surface area contributed by atoms with E-state index in [1.165, 1.54) is 0 Å². The zero-order valence-electron chi connectivity index (χ0n) is 11.2. The van der Waals surface area contributed by atoms with Crippen LogP contribution in [0.5, 0.6) is 5.75 Å². The molecule has 2 nitrogen and oxygen atoms in total. The Morgan fingerprint density at radius 1 is 1.32 bits per heavy atom. The summed E-state index contributed by atoms with van der Waals surface area (Å²) >= 11 is 0. The van der Waals surface area contributed by atoms with Crippen molar-refractivity contribution in [3.8, 4) is 5.75 Å². The third-order valence-corrected chi connectivity index (χ3v) is 3.19. The number of rotatable bonds is 6. The van der Waals surface area contributed by atoms with Gasteiger partial charge in [-0.1, -0.05) is 30.3 Å². The van der Waals surface area contributed by atoms with Gasteiger partial charge in [-0.15, -0.1) is 6.58 Å². The second-order valence-corrected chi connectivity index (χ2v) is 4.55. The van der Waals surface area contributed by atoms with E-state index in [1.54, 1.807) is 13.2 Å². The highest BCUT2D eigenvalue weighted by atomic mass is 16.5. The molecule has 0 amide bonds. The van der Waals surface area contributed by atoms with Gasteiger partial charge in [0.2, 0.25) is 0 Å². The van der Waals surface area contributed by atoms with E-state index in [-0.39, 0.29) is 5.78 Å². The first-order valence-electron chi connectivity index (χ1n) is 6.43. The zero-order valence-corrected chi connectivity index (χ0v) is 11.2. The van der Waals surface area contributed by atoms with Crippen LogP contribution in [0, 0.1) is 0 Å². The summed E-state index contributed by atoms with van der Waals surface area (Å²) < 4.78 is 5.25. The van der Waals surface area contributed by atoms with Gasteiger partial charge in [-0.05, 0) is 34.9 Å². The second kappa shape index (κ2) is 6.19. The number of allylic oxidation sites excluding steroid dienone is 1. The maximum atomic E-state index is 11.9. The molecule has 0 heterocycles. The molecule has 0 saturated heterocycles. The fourth-order valence-corrected chi connectivity index (χ4v) is 2.16. The van der Waals surface area contributed by atoms with E-state index in [2.05, 4.69) is 6.58 Å². The molecule has 0 N–H and O–H groups in total. The van der Waals surface area contributed by atoms with E-state index < -0.39 is 0 Å². The van der Waals surface area contributed by atoms with E-state index in [0.717, 1.165) is 28.5 Å². The van der Waals surface area contributed by atoms with Crippen molar-refractivity contribution in [3.63, 3.8) is 0 Å². The molecular weight excluding hydrogens is 236 g/mol. The van der Waals surface area contributed by atoms with Crippen molar-refractivity contribution >= 4 is 16.6 Å². The Bertz CT molecular complexity index is 599. The van der Waals surface area contributed by atoms with Crippen LogP contribution in [0.3, 0.4) is 0 Å². The molecule has 98 valence electrons. The molecule has 0 aliphatic heterocycles. The number of benzene rings is 2. The lowest BCUT2D eigenvalue weighted by Gasteiger charge is -2.08. The summed E-state index contributed by atoms with van der Waals surface area (Å²) in [4.78, 5) is 11.9. The van der Waals surface area contributed by atoms with Crippen molar-refractivity contribution in [2.75, 3.05) is 7.11 Å². The van der Waals surface area contributed by atoms with Crippen LogP contribution in [0.25, 0.3) is 10.8 Å². The molecule has 0 unspecified atom stereocenters. The number of fused-ring (bicyclic) bond motifs is 1. The fraction of sp³-hybridized carbons (Fsp3) is 0.235. The van der Waals surface area contributed by atoms with E-state index in [0.29, 0.717) is 12.8 Å². The van der Waals surface area contributed by atoms with Crippen LogP contribution in [0.2, 0.25) is 0 Å². The van der Waals surface area contributed by atoms with Gasteiger partial charge in [0.25, 0.3) is 0 Å². The first-order valence-corrected chi connectivity index (χ1v) is 6.43. The molecule has 0 spiro atoms. The summed E-state index contributed by atoms with van der Waals surface area (Å²) in [6, 6.07) is 12.0. The molecule has 0 aliphatic carbocycles. The van der Waals surface area contributed by atoms with Crippen LogP contribution in [0.15, 0.2) is 49.1 Å². The highest BCUT2D eigenvalue weighted by molar-refractivity contribution is 5.91. The Morgan fingerprint density at radius 3 is 2.89 bits per heavy atom. The largest absolute Gasteiger partial charge is 0.497 e. The third kappa shape index (κ3) is 3.22. The molecule has 2 rings (SSSR count). The SMILES string of the molecule is C=CCCC(=O)Cc1cccc2ccc(OC)cc12. The van der Waals surface area contributed by atoms with E-state index in [9.17, 15) is 4.79 Å². The van der Waals surface area contributed by atoms with Gasteiger partial charge in [0, 0.05) is 12.8 Å². The van der Waals surface area contributed by atoms with Gasteiger partial charge in [-0.3, -0.25) is 4.79 Å². The number of ether oxygens (including phenoxy) is 1. The van der Waals surface area contributed by atoms with Crippen molar-refractivity contribution in [2.45, 2.75) is 19.3 Å². The van der Waals surface area contributed by atoms with Crippen LogP contribution < -0.4 is 4.74 Å². The Kier molecular flexibility index (Phi) is 4.35. The molecule has 19 heavy (non-hydrogen) atoms. The minimum atomic E-state index is 0.246. The quantitative estimate of drug-likeness (QED) is 0.730. The Labute approximate surface area is 113 Å². The molecule has 0 fully saturated rings. The Hall–Kier alpha value is -2.09. The molecule has 0 saturated carbocycles. The average molecular weight is 254 g/mol. The standard InChI is InChI=1S/C17H18O2/c1-3-4-8-15(18)11-14-7-5-6-13-9-10-16(19-2)12-17(13)14/h3,5-7,9-10,12H,1,4,8,11H2,2H3. The van der Waals surface area contributed by atoms with Gasteiger partial charge in [-0.25, -0.2) is 0 Å². The van der Waals surface area contributed by atoms with Gasteiger partial charge in [0.05, 0.1) is 7.11 Å².